The lowest BCUT2D eigenvalue weighted by molar-refractivity contribution is 0.174. The van der Waals surface area contributed by atoms with Gasteiger partial charge in [-0.15, -0.1) is 0 Å². The van der Waals surface area contributed by atoms with Gasteiger partial charge in [0.1, 0.15) is 5.82 Å². The summed E-state index contributed by atoms with van der Waals surface area (Å²) < 4.78 is 24.4. The van der Waals surface area contributed by atoms with E-state index in [2.05, 4.69) is 5.32 Å². The van der Waals surface area contributed by atoms with Crippen molar-refractivity contribution in [1.29, 1.82) is 0 Å². The highest BCUT2D eigenvalue weighted by atomic mass is 19.1. The largest absolute Gasteiger partial charge is 0.454 e. The number of nitrogens with one attached hydrogen (secondary N) is 1. The molecule has 1 saturated carbocycles. The number of rotatable bonds is 3. The number of hydrogen-bond donors (Lipinski definition) is 1. The Labute approximate surface area is 122 Å². The van der Waals surface area contributed by atoms with Crippen molar-refractivity contribution in [2.45, 2.75) is 24.8 Å². The summed E-state index contributed by atoms with van der Waals surface area (Å²) in [5.74, 6) is 1.80. The highest BCUT2D eigenvalue weighted by molar-refractivity contribution is 5.56. The summed E-state index contributed by atoms with van der Waals surface area (Å²) in [6, 6.07) is 13.3. The molecule has 0 spiro atoms. The maximum absolute atomic E-state index is 13.7. The maximum atomic E-state index is 13.7. The zero-order valence-electron chi connectivity index (χ0n) is 11.5. The Balaban J connectivity index is 1.39. The van der Waals surface area contributed by atoms with Gasteiger partial charge in [-0.3, -0.25) is 0 Å². The van der Waals surface area contributed by atoms with Crippen molar-refractivity contribution in [2.75, 3.05) is 12.1 Å². The molecule has 0 atom stereocenters. The molecule has 108 valence electrons. The lowest BCUT2D eigenvalue weighted by Crippen LogP contribution is -2.34. The van der Waals surface area contributed by atoms with Crippen molar-refractivity contribution in [3.05, 3.63) is 53.8 Å². The highest BCUT2D eigenvalue weighted by Gasteiger charge is 2.32. The first kappa shape index (κ1) is 12.5. The van der Waals surface area contributed by atoms with Crippen molar-refractivity contribution in [1.82, 2.24) is 0 Å². The van der Waals surface area contributed by atoms with Gasteiger partial charge in [0.05, 0.1) is 0 Å². The van der Waals surface area contributed by atoms with Gasteiger partial charge in [0.25, 0.3) is 0 Å². The number of anilines is 1. The molecule has 4 heteroatoms. The first-order valence-corrected chi connectivity index (χ1v) is 7.20. The van der Waals surface area contributed by atoms with Gasteiger partial charge >= 0.3 is 0 Å². The SMILES string of the molecule is Fc1ccccc1C1CC(Nc2ccc3c(c2)OCO3)C1. The fraction of sp³-hybridized carbons (Fsp3) is 0.294. The van der Waals surface area contributed by atoms with Crippen LogP contribution in [-0.4, -0.2) is 12.8 Å². The van der Waals surface area contributed by atoms with E-state index in [4.69, 9.17) is 9.47 Å². The Morgan fingerprint density at radius 2 is 1.81 bits per heavy atom. The summed E-state index contributed by atoms with van der Waals surface area (Å²) in [6.07, 6.45) is 1.91. The molecule has 0 amide bonds. The summed E-state index contributed by atoms with van der Waals surface area (Å²) in [5, 5.41) is 3.47. The van der Waals surface area contributed by atoms with Gasteiger partial charge in [0.2, 0.25) is 6.79 Å². The molecular weight excluding hydrogens is 269 g/mol. The van der Waals surface area contributed by atoms with Crippen LogP contribution in [0, 0.1) is 5.82 Å². The molecule has 4 rings (SSSR count). The number of ether oxygens (including phenoxy) is 2. The lowest BCUT2D eigenvalue weighted by Gasteiger charge is -2.37. The Morgan fingerprint density at radius 3 is 2.67 bits per heavy atom. The van der Waals surface area contributed by atoms with E-state index in [-0.39, 0.29) is 12.6 Å². The fourth-order valence-corrected chi connectivity index (χ4v) is 3.02. The van der Waals surface area contributed by atoms with Crippen molar-refractivity contribution in [3.63, 3.8) is 0 Å². The lowest BCUT2D eigenvalue weighted by atomic mass is 9.75. The van der Waals surface area contributed by atoms with Crippen molar-refractivity contribution in [2.24, 2.45) is 0 Å². The van der Waals surface area contributed by atoms with Crippen LogP contribution in [-0.2, 0) is 0 Å². The van der Waals surface area contributed by atoms with Crippen LogP contribution in [0.15, 0.2) is 42.5 Å². The molecule has 0 saturated heterocycles. The van der Waals surface area contributed by atoms with E-state index >= 15 is 0 Å². The Hall–Kier alpha value is -2.23. The normalized spacial score (nSPS) is 22.7. The Bertz CT molecular complexity index is 668. The summed E-state index contributed by atoms with van der Waals surface area (Å²) >= 11 is 0. The molecule has 2 aromatic carbocycles. The smallest absolute Gasteiger partial charge is 0.231 e. The Morgan fingerprint density at radius 1 is 1.00 bits per heavy atom. The maximum Gasteiger partial charge on any atom is 0.231 e. The predicted octanol–water partition coefficient (Wildman–Crippen LogP) is 3.91. The van der Waals surface area contributed by atoms with E-state index < -0.39 is 0 Å². The average molecular weight is 285 g/mol. The summed E-state index contributed by atoms with van der Waals surface area (Å²) in [6.45, 7) is 0.289. The van der Waals surface area contributed by atoms with E-state index in [1.165, 1.54) is 6.07 Å². The van der Waals surface area contributed by atoms with Crippen LogP contribution in [0.25, 0.3) is 0 Å². The highest BCUT2D eigenvalue weighted by Crippen LogP contribution is 2.41. The first-order valence-electron chi connectivity index (χ1n) is 7.20. The van der Waals surface area contributed by atoms with Gasteiger partial charge in [0, 0.05) is 17.8 Å². The van der Waals surface area contributed by atoms with E-state index in [1.54, 1.807) is 6.07 Å². The minimum absolute atomic E-state index is 0.0935. The Kier molecular flexibility index (Phi) is 2.95. The second kappa shape index (κ2) is 4.95. The molecule has 0 unspecified atom stereocenters. The summed E-state index contributed by atoms with van der Waals surface area (Å²) in [4.78, 5) is 0. The van der Waals surface area contributed by atoms with Gasteiger partial charge in [-0.2, -0.15) is 0 Å². The monoisotopic (exact) mass is 285 g/mol. The van der Waals surface area contributed by atoms with Crippen LogP contribution in [0.1, 0.15) is 24.3 Å². The minimum Gasteiger partial charge on any atom is -0.454 e. The molecule has 1 fully saturated rings. The van der Waals surface area contributed by atoms with Crippen LogP contribution in [0.4, 0.5) is 10.1 Å². The molecule has 1 aliphatic heterocycles. The molecule has 2 aromatic rings. The summed E-state index contributed by atoms with van der Waals surface area (Å²) in [5.41, 5.74) is 1.86. The van der Waals surface area contributed by atoms with Gasteiger partial charge in [-0.1, -0.05) is 18.2 Å². The third kappa shape index (κ3) is 2.31. The van der Waals surface area contributed by atoms with E-state index in [1.807, 2.05) is 30.3 Å². The molecule has 0 bridgehead atoms. The molecular formula is C17H16FNO2. The van der Waals surface area contributed by atoms with Crippen LogP contribution in [0.3, 0.4) is 0 Å². The van der Waals surface area contributed by atoms with Crippen LogP contribution < -0.4 is 14.8 Å². The minimum atomic E-state index is -0.0935. The second-order valence-electron chi connectivity index (χ2n) is 5.60. The molecule has 2 aliphatic rings. The number of fused-ring (bicyclic) bond motifs is 1. The molecule has 1 aliphatic carbocycles. The predicted molar refractivity (Wildman–Crippen MR) is 78.4 cm³/mol. The fourth-order valence-electron chi connectivity index (χ4n) is 3.02. The third-order valence-electron chi connectivity index (χ3n) is 4.23. The van der Waals surface area contributed by atoms with Gasteiger partial charge in [0.15, 0.2) is 11.5 Å². The molecule has 0 aromatic heterocycles. The zero-order valence-corrected chi connectivity index (χ0v) is 11.5. The zero-order chi connectivity index (χ0) is 14.2. The summed E-state index contributed by atoms with van der Waals surface area (Å²) in [7, 11) is 0. The van der Waals surface area contributed by atoms with E-state index in [9.17, 15) is 4.39 Å². The quantitative estimate of drug-likeness (QED) is 0.927. The topological polar surface area (TPSA) is 30.5 Å². The molecule has 1 heterocycles. The van der Waals surface area contributed by atoms with Gasteiger partial charge in [-0.05, 0) is 42.5 Å². The average Bonchev–Trinajstić information content (AvgIpc) is 2.91. The van der Waals surface area contributed by atoms with Crippen molar-refractivity contribution >= 4 is 5.69 Å². The second-order valence-corrected chi connectivity index (χ2v) is 5.60. The van der Waals surface area contributed by atoms with Crippen molar-refractivity contribution < 1.29 is 13.9 Å². The molecule has 3 nitrogen and oxygen atoms in total. The van der Waals surface area contributed by atoms with Crippen LogP contribution in [0.2, 0.25) is 0 Å². The molecule has 1 N–H and O–H groups in total. The van der Waals surface area contributed by atoms with Gasteiger partial charge < -0.3 is 14.8 Å². The van der Waals surface area contributed by atoms with E-state index in [0.717, 1.165) is 35.6 Å². The van der Waals surface area contributed by atoms with Crippen molar-refractivity contribution in [3.8, 4) is 11.5 Å². The van der Waals surface area contributed by atoms with Gasteiger partial charge in [-0.25, -0.2) is 4.39 Å². The molecule has 21 heavy (non-hydrogen) atoms. The standard InChI is InChI=1S/C17H16FNO2/c18-15-4-2-1-3-14(15)11-7-13(8-11)19-12-5-6-16-17(9-12)21-10-20-16/h1-6,9,11,13,19H,7-8,10H2. The number of halogens is 1. The third-order valence-corrected chi connectivity index (χ3v) is 4.23. The number of benzene rings is 2. The first-order chi connectivity index (χ1) is 10.3. The van der Waals surface area contributed by atoms with Crippen LogP contribution >= 0.6 is 0 Å². The van der Waals surface area contributed by atoms with E-state index in [0.29, 0.717) is 12.0 Å². The van der Waals surface area contributed by atoms with Crippen LogP contribution in [0.5, 0.6) is 11.5 Å². The molecule has 0 radical (unpaired) electrons. The number of hydrogen-bond acceptors (Lipinski definition) is 3.